The van der Waals surface area contributed by atoms with Gasteiger partial charge in [-0.05, 0) is 49.2 Å². The molecule has 1 fully saturated rings. The molecule has 1 aliphatic rings. The van der Waals surface area contributed by atoms with Gasteiger partial charge in [-0.15, -0.1) is 0 Å². The van der Waals surface area contributed by atoms with Crippen molar-refractivity contribution in [3.05, 3.63) is 76.8 Å². The Bertz CT molecular complexity index is 1400. The molecule has 0 aliphatic carbocycles. The summed E-state index contributed by atoms with van der Waals surface area (Å²) in [6.07, 6.45) is 1.71. The second kappa shape index (κ2) is 10.3. The zero-order valence-corrected chi connectivity index (χ0v) is 21.0. The van der Waals surface area contributed by atoms with Gasteiger partial charge in [0.05, 0.1) is 22.9 Å². The highest BCUT2D eigenvalue weighted by Crippen LogP contribution is 2.22. The number of hydrogen-bond donors (Lipinski definition) is 3. The number of likely N-dealkylation sites (N-methyl/N-ethyl adjacent to an activating group) is 1. The second-order valence-electron chi connectivity index (χ2n) is 8.32. The molecule has 2 unspecified atom stereocenters. The number of nitrogens with one attached hydrogen (secondary N) is 3. The van der Waals surface area contributed by atoms with E-state index in [-0.39, 0.29) is 23.7 Å². The molecule has 1 aliphatic heterocycles. The van der Waals surface area contributed by atoms with Crippen molar-refractivity contribution in [3.8, 4) is 5.69 Å². The van der Waals surface area contributed by atoms with Gasteiger partial charge < -0.3 is 10.6 Å². The van der Waals surface area contributed by atoms with E-state index in [1.54, 1.807) is 4.68 Å². The number of halogens is 2. The molecular formula is C23H24ClFN6O4S. The van der Waals surface area contributed by atoms with Crippen molar-refractivity contribution in [1.82, 2.24) is 24.1 Å². The minimum absolute atomic E-state index is 0.0729. The van der Waals surface area contributed by atoms with Crippen LogP contribution in [0.15, 0.2) is 54.7 Å². The van der Waals surface area contributed by atoms with Crippen LogP contribution < -0.4 is 15.4 Å². The van der Waals surface area contributed by atoms with E-state index in [9.17, 15) is 22.4 Å². The average molecular weight is 535 g/mol. The standard InChI is InChI=1S/C23H24ClFN6O4S/c1-14-13-31(16-6-4-3-5-7-16)28-20(14)12-26-22(32)19-11-21(30(2)36(34,35)29-19)23(33)27-15-8-9-18(25)17(24)10-15/h3-10,13,19,21,29H,11-12H2,1-2H3,(H,26,32)(H,27,33). The third-order valence-electron chi connectivity index (χ3n) is 5.82. The summed E-state index contributed by atoms with van der Waals surface area (Å²) in [7, 11) is -2.89. The molecule has 2 aromatic carbocycles. The number of nitrogens with zero attached hydrogens (tertiary/aromatic N) is 3. The van der Waals surface area contributed by atoms with Crippen molar-refractivity contribution >= 4 is 39.3 Å². The number of amides is 2. The molecule has 10 nitrogen and oxygen atoms in total. The summed E-state index contributed by atoms with van der Waals surface area (Å²) in [5.41, 5.74) is 2.52. The topological polar surface area (TPSA) is 125 Å². The largest absolute Gasteiger partial charge is 0.349 e. The van der Waals surface area contributed by atoms with Crippen LogP contribution in [0, 0.1) is 12.7 Å². The zero-order valence-electron chi connectivity index (χ0n) is 19.4. The minimum Gasteiger partial charge on any atom is -0.349 e. The van der Waals surface area contributed by atoms with Gasteiger partial charge in [0.2, 0.25) is 11.8 Å². The normalized spacial score (nSPS) is 19.6. The van der Waals surface area contributed by atoms with Gasteiger partial charge in [-0.1, -0.05) is 29.8 Å². The maximum atomic E-state index is 13.4. The second-order valence-corrected chi connectivity index (χ2v) is 10.5. The summed E-state index contributed by atoms with van der Waals surface area (Å²) in [4.78, 5) is 25.7. The number of carbonyl (C=O) groups is 2. The predicted octanol–water partition coefficient (Wildman–Crippen LogP) is 2.14. The Morgan fingerprint density at radius 2 is 1.92 bits per heavy atom. The third-order valence-corrected chi connectivity index (χ3v) is 7.71. The summed E-state index contributed by atoms with van der Waals surface area (Å²) in [5.74, 6) is -1.93. The first-order valence-corrected chi connectivity index (χ1v) is 12.8. The van der Waals surface area contributed by atoms with E-state index in [0.29, 0.717) is 5.69 Å². The molecule has 36 heavy (non-hydrogen) atoms. The Kier molecular flexibility index (Phi) is 7.41. The smallest absolute Gasteiger partial charge is 0.280 e. The van der Waals surface area contributed by atoms with E-state index in [2.05, 4.69) is 20.5 Å². The van der Waals surface area contributed by atoms with E-state index < -0.39 is 39.9 Å². The van der Waals surface area contributed by atoms with E-state index >= 15 is 0 Å². The number of hydrogen-bond acceptors (Lipinski definition) is 5. The number of aryl methyl sites for hydroxylation is 1. The Balaban J connectivity index is 1.44. The summed E-state index contributed by atoms with van der Waals surface area (Å²) < 4.78 is 43.5. The first kappa shape index (κ1) is 25.8. The summed E-state index contributed by atoms with van der Waals surface area (Å²) in [5, 5.41) is 9.52. The molecule has 0 radical (unpaired) electrons. The van der Waals surface area contributed by atoms with E-state index in [4.69, 9.17) is 11.6 Å². The van der Waals surface area contributed by atoms with Crippen molar-refractivity contribution in [2.45, 2.75) is 32.0 Å². The molecule has 2 atom stereocenters. The third kappa shape index (κ3) is 5.57. The van der Waals surface area contributed by atoms with Crippen LogP contribution in [0.1, 0.15) is 17.7 Å². The lowest BCUT2D eigenvalue weighted by Gasteiger charge is -2.35. The van der Waals surface area contributed by atoms with Crippen LogP contribution in [0.2, 0.25) is 5.02 Å². The Morgan fingerprint density at radius 3 is 2.61 bits per heavy atom. The highest BCUT2D eigenvalue weighted by Gasteiger charge is 2.42. The Morgan fingerprint density at radius 1 is 1.19 bits per heavy atom. The minimum atomic E-state index is -4.12. The van der Waals surface area contributed by atoms with E-state index in [0.717, 1.165) is 21.6 Å². The molecule has 0 bridgehead atoms. The van der Waals surface area contributed by atoms with Crippen LogP contribution in [0.25, 0.3) is 5.69 Å². The van der Waals surface area contributed by atoms with Gasteiger partial charge in [-0.2, -0.15) is 22.5 Å². The summed E-state index contributed by atoms with van der Waals surface area (Å²) >= 11 is 5.75. The molecule has 190 valence electrons. The zero-order chi connectivity index (χ0) is 26.0. The molecule has 13 heteroatoms. The number of para-hydroxylation sites is 1. The summed E-state index contributed by atoms with van der Waals surface area (Å²) in [6, 6.07) is 10.7. The van der Waals surface area contributed by atoms with Gasteiger partial charge in [-0.3, -0.25) is 9.59 Å². The number of aromatic nitrogens is 2. The molecule has 1 saturated heterocycles. The first-order valence-electron chi connectivity index (χ1n) is 10.9. The number of carbonyl (C=O) groups excluding carboxylic acids is 2. The molecule has 0 spiro atoms. The monoisotopic (exact) mass is 534 g/mol. The quantitative estimate of drug-likeness (QED) is 0.447. The lowest BCUT2D eigenvalue weighted by atomic mass is 10.1. The van der Waals surface area contributed by atoms with E-state index in [1.807, 2.05) is 43.5 Å². The van der Waals surface area contributed by atoms with Gasteiger partial charge in [0, 0.05) is 18.9 Å². The molecule has 2 heterocycles. The molecular weight excluding hydrogens is 511 g/mol. The molecule has 3 N–H and O–H groups in total. The fourth-order valence-corrected chi connectivity index (χ4v) is 5.19. The van der Waals surface area contributed by atoms with Gasteiger partial charge in [0.25, 0.3) is 10.2 Å². The fraction of sp³-hybridized carbons (Fsp3) is 0.261. The van der Waals surface area contributed by atoms with Crippen molar-refractivity contribution in [2.75, 3.05) is 12.4 Å². The van der Waals surface area contributed by atoms with Gasteiger partial charge in [-0.25, -0.2) is 9.07 Å². The van der Waals surface area contributed by atoms with Crippen LogP contribution in [0.5, 0.6) is 0 Å². The van der Waals surface area contributed by atoms with Crippen molar-refractivity contribution in [2.24, 2.45) is 0 Å². The highest BCUT2D eigenvalue weighted by atomic mass is 35.5. The summed E-state index contributed by atoms with van der Waals surface area (Å²) in [6.45, 7) is 1.93. The SMILES string of the molecule is Cc1cn(-c2ccccc2)nc1CNC(=O)C1CC(C(=O)Nc2ccc(F)c(Cl)c2)N(C)S(=O)(=O)N1. The number of anilines is 1. The molecule has 3 aromatic rings. The molecule has 0 saturated carbocycles. The molecule has 4 rings (SSSR count). The van der Waals surface area contributed by atoms with Gasteiger partial charge in [0.1, 0.15) is 17.9 Å². The average Bonchev–Trinajstić information content (AvgIpc) is 3.22. The van der Waals surface area contributed by atoms with Crippen LogP contribution in [-0.4, -0.2) is 53.4 Å². The Labute approximate surface area is 212 Å². The number of benzene rings is 2. The maximum Gasteiger partial charge on any atom is 0.280 e. The van der Waals surface area contributed by atoms with Crippen LogP contribution in [0.4, 0.5) is 10.1 Å². The van der Waals surface area contributed by atoms with Gasteiger partial charge in [0.15, 0.2) is 0 Å². The molecule has 2 amide bonds. The number of rotatable bonds is 6. The van der Waals surface area contributed by atoms with Crippen LogP contribution >= 0.6 is 11.6 Å². The fourth-order valence-electron chi connectivity index (χ4n) is 3.76. The van der Waals surface area contributed by atoms with Crippen LogP contribution in [-0.2, 0) is 26.3 Å². The Hall–Kier alpha value is -3.32. The van der Waals surface area contributed by atoms with Crippen molar-refractivity contribution < 1.29 is 22.4 Å². The van der Waals surface area contributed by atoms with Gasteiger partial charge >= 0.3 is 0 Å². The van der Waals surface area contributed by atoms with Crippen molar-refractivity contribution in [3.63, 3.8) is 0 Å². The first-order chi connectivity index (χ1) is 17.0. The van der Waals surface area contributed by atoms with Crippen LogP contribution in [0.3, 0.4) is 0 Å². The maximum absolute atomic E-state index is 13.4. The molecule has 1 aromatic heterocycles. The van der Waals surface area contributed by atoms with Crippen molar-refractivity contribution in [1.29, 1.82) is 0 Å². The highest BCUT2D eigenvalue weighted by molar-refractivity contribution is 7.87. The predicted molar refractivity (Wildman–Crippen MR) is 132 cm³/mol. The lowest BCUT2D eigenvalue weighted by molar-refractivity contribution is -0.124. The van der Waals surface area contributed by atoms with E-state index in [1.165, 1.54) is 19.2 Å². The lowest BCUT2D eigenvalue weighted by Crippen LogP contribution is -2.62.